The van der Waals surface area contributed by atoms with E-state index in [-0.39, 0.29) is 23.7 Å². The van der Waals surface area contributed by atoms with Gasteiger partial charge in [-0.25, -0.2) is 4.79 Å². The Kier molecular flexibility index (Phi) is 5.37. The van der Waals surface area contributed by atoms with Gasteiger partial charge in [0, 0.05) is 32.0 Å². The summed E-state index contributed by atoms with van der Waals surface area (Å²) in [5.41, 5.74) is 6.60. The second kappa shape index (κ2) is 6.79. The molecule has 1 rings (SSSR count). The Morgan fingerprint density at radius 1 is 1.30 bits per heavy atom. The zero-order valence-corrected chi connectivity index (χ0v) is 12.1. The maximum Gasteiger partial charge on any atom is 0.337 e. The molecule has 6 nitrogen and oxygen atoms in total. The third kappa shape index (κ3) is 3.88. The second-order valence-corrected chi connectivity index (χ2v) is 4.79. The Labute approximate surface area is 118 Å². The van der Waals surface area contributed by atoms with Gasteiger partial charge in [0.15, 0.2) is 0 Å². The summed E-state index contributed by atoms with van der Waals surface area (Å²) >= 11 is 0. The van der Waals surface area contributed by atoms with Crippen LogP contribution in [0.4, 0.5) is 11.4 Å². The predicted octanol–water partition coefficient (Wildman–Crippen LogP) is 1.27. The molecule has 0 heterocycles. The summed E-state index contributed by atoms with van der Waals surface area (Å²) in [6, 6.07) is 4.80. The van der Waals surface area contributed by atoms with E-state index in [0.29, 0.717) is 12.2 Å². The van der Waals surface area contributed by atoms with Crippen LogP contribution >= 0.6 is 0 Å². The van der Waals surface area contributed by atoms with Crippen molar-refractivity contribution >= 4 is 23.3 Å². The lowest BCUT2D eigenvalue weighted by atomic mass is 10.1. The van der Waals surface area contributed by atoms with Crippen molar-refractivity contribution in [1.29, 1.82) is 0 Å². The Hall–Kier alpha value is -2.24. The first kappa shape index (κ1) is 15.8. The summed E-state index contributed by atoms with van der Waals surface area (Å²) in [4.78, 5) is 26.3. The first-order valence-corrected chi connectivity index (χ1v) is 6.44. The SMILES string of the molecule is CCCN(CC(=O)N(C)C)c1ccc(N)c(C(=O)O)c1. The fraction of sp³-hybridized carbons (Fsp3) is 0.429. The molecule has 0 atom stereocenters. The molecule has 0 spiro atoms. The number of hydrogen-bond acceptors (Lipinski definition) is 4. The molecule has 20 heavy (non-hydrogen) atoms. The summed E-state index contributed by atoms with van der Waals surface area (Å²) in [5, 5.41) is 9.10. The third-order valence-electron chi connectivity index (χ3n) is 2.95. The highest BCUT2D eigenvalue weighted by atomic mass is 16.4. The molecular formula is C14H21N3O3. The molecule has 0 aliphatic rings. The van der Waals surface area contributed by atoms with Gasteiger partial charge in [-0.3, -0.25) is 4.79 Å². The molecule has 0 bridgehead atoms. The number of anilines is 2. The number of carboxylic acids is 1. The Morgan fingerprint density at radius 2 is 1.95 bits per heavy atom. The molecule has 0 unspecified atom stereocenters. The summed E-state index contributed by atoms with van der Waals surface area (Å²) in [6.45, 7) is 2.88. The van der Waals surface area contributed by atoms with E-state index in [4.69, 9.17) is 10.8 Å². The van der Waals surface area contributed by atoms with Crippen molar-refractivity contribution in [3.63, 3.8) is 0 Å². The van der Waals surface area contributed by atoms with Crippen molar-refractivity contribution in [2.75, 3.05) is 37.8 Å². The van der Waals surface area contributed by atoms with Gasteiger partial charge in [-0.15, -0.1) is 0 Å². The molecule has 0 aliphatic carbocycles. The molecule has 0 saturated heterocycles. The largest absolute Gasteiger partial charge is 0.478 e. The van der Waals surface area contributed by atoms with Gasteiger partial charge in [-0.1, -0.05) is 6.92 Å². The molecular weight excluding hydrogens is 258 g/mol. The summed E-state index contributed by atoms with van der Waals surface area (Å²) in [7, 11) is 3.39. The molecule has 0 saturated carbocycles. The van der Waals surface area contributed by atoms with E-state index in [9.17, 15) is 9.59 Å². The highest BCUT2D eigenvalue weighted by molar-refractivity contribution is 5.95. The first-order valence-electron chi connectivity index (χ1n) is 6.44. The van der Waals surface area contributed by atoms with Gasteiger partial charge in [0.1, 0.15) is 0 Å². The van der Waals surface area contributed by atoms with Crippen LogP contribution < -0.4 is 10.6 Å². The zero-order chi connectivity index (χ0) is 15.3. The van der Waals surface area contributed by atoms with Crippen LogP contribution in [0.1, 0.15) is 23.7 Å². The lowest BCUT2D eigenvalue weighted by Crippen LogP contribution is -2.37. The van der Waals surface area contributed by atoms with Crippen LogP contribution in [0.3, 0.4) is 0 Å². The Morgan fingerprint density at radius 3 is 2.45 bits per heavy atom. The maximum atomic E-state index is 11.8. The lowest BCUT2D eigenvalue weighted by molar-refractivity contribution is -0.127. The fourth-order valence-electron chi connectivity index (χ4n) is 1.80. The number of nitrogen functional groups attached to an aromatic ring is 1. The molecule has 1 aromatic rings. The zero-order valence-electron chi connectivity index (χ0n) is 12.1. The highest BCUT2D eigenvalue weighted by Gasteiger charge is 2.15. The number of rotatable bonds is 6. The number of hydrogen-bond donors (Lipinski definition) is 2. The van der Waals surface area contributed by atoms with Crippen LogP contribution in [0.25, 0.3) is 0 Å². The molecule has 0 aliphatic heterocycles. The molecule has 1 amide bonds. The van der Waals surface area contributed by atoms with Crippen LogP contribution in [0, 0.1) is 0 Å². The van der Waals surface area contributed by atoms with Crippen molar-refractivity contribution in [2.24, 2.45) is 0 Å². The molecule has 6 heteroatoms. The van der Waals surface area contributed by atoms with Crippen molar-refractivity contribution < 1.29 is 14.7 Å². The predicted molar refractivity (Wildman–Crippen MR) is 79.0 cm³/mol. The van der Waals surface area contributed by atoms with Gasteiger partial charge in [-0.05, 0) is 24.6 Å². The van der Waals surface area contributed by atoms with Gasteiger partial charge in [0.05, 0.1) is 12.1 Å². The van der Waals surface area contributed by atoms with E-state index in [0.717, 1.165) is 6.42 Å². The molecule has 0 aromatic heterocycles. The third-order valence-corrected chi connectivity index (χ3v) is 2.95. The number of carboxylic acid groups (broad SMARTS) is 1. The topological polar surface area (TPSA) is 86.9 Å². The van der Waals surface area contributed by atoms with Crippen LogP contribution in [0.15, 0.2) is 18.2 Å². The van der Waals surface area contributed by atoms with Gasteiger partial charge in [0.25, 0.3) is 0 Å². The molecule has 0 fully saturated rings. The number of aromatic carboxylic acids is 1. The average molecular weight is 279 g/mol. The minimum atomic E-state index is -1.07. The van der Waals surface area contributed by atoms with E-state index in [1.807, 2.05) is 11.8 Å². The number of nitrogens with two attached hydrogens (primary N) is 1. The summed E-state index contributed by atoms with van der Waals surface area (Å²) in [5.74, 6) is -1.10. The number of nitrogens with zero attached hydrogens (tertiary/aromatic N) is 2. The molecule has 3 N–H and O–H groups in total. The number of carbonyl (C=O) groups excluding carboxylic acids is 1. The van der Waals surface area contributed by atoms with E-state index in [1.54, 1.807) is 26.2 Å². The van der Waals surface area contributed by atoms with Crippen molar-refractivity contribution in [3.05, 3.63) is 23.8 Å². The normalized spacial score (nSPS) is 10.2. The van der Waals surface area contributed by atoms with Crippen LogP contribution in [0.2, 0.25) is 0 Å². The average Bonchev–Trinajstić information content (AvgIpc) is 2.38. The van der Waals surface area contributed by atoms with Crippen molar-refractivity contribution in [3.8, 4) is 0 Å². The van der Waals surface area contributed by atoms with Crippen LogP contribution in [0.5, 0.6) is 0 Å². The summed E-state index contributed by atoms with van der Waals surface area (Å²) in [6.07, 6.45) is 0.855. The first-order chi connectivity index (χ1) is 9.36. The lowest BCUT2D eigenvalue weighted by Gasteiger charge is -2.25. The minimum Gasteiger partial charge on any atom is -0.478 e. The van der Waals surface area contributed by atoms with Gasteiger partial charge in [-0.2, -0.15) is 0 Å². The van der Waals surface area contributed by atoms with E-state index >= 15 is 0 Å². The maximum absolute atomic E-state index is 11.8. The standard InChI is InChI=1S/C14H21N3O3/c1-4-7-17(9-13(18)16(2)3)10-5-6-12(15)11(8-10)14(19)20/h5-6,8H,4,7,9,15H2,1-3H3,(H,19,20). The van der Waals surface area contributed by atoms with Gasteiger partial charge in [0.2, 0.25) is 5.91 Å². The van der Waals surface area contributed by atoms with Gasteiger partial charge < -0.3 is 20.6 Å². The fourth-order valence-corrected chi connectivity index (χ4v) is 1.80. The van der Waals surface area contributed by atoms with E-state index < -0.39 is 5.97 Å². The van der Waals surface area contributed by atoms with E-state index in [2.05, 4.69) is 0 Å². The molecule has 110 valence electrons. The molecule has 0 radical (unpaired) electrons. The van der Waals surface area contributed by atoms with Crippen molar-refractivity contribution in [2.45, 2.75) is 13.3 Å². The van der Waals surface area contributed by atoms with Crippen LogP contribution in [-0.4, -0.2) is 49.1 Å². The smallest absolute Gasteiger partial charge is 0.337 e. The highest BCUT2D eigenvalue weighted by Crippen LogP contribution is 2.21. The number of benzene rings is 1. The Bertz CT molecular complexity index is 500. The van der Waals surface area contributed by atoms with Crippen molar-refractivity contribution in [1.82, 2.24) is 4.90 Å². The Balaban J connectivity index is 3.05. The summed E-state index contributed by atoms with van der Waals surface area (Å²) < 4.78 is 0. The van der Waals surface area contributed by atoms with Gasteiger partial charge >= 0.3 is 5.97 Å². The van der Waals surface area contributed by atoms with Crippen LogP contribution in [-0.2, 0) is 4.79 Å². The molecule has 1 aromatic carbocycles. The minimum absolute atomic E-state index is 0.0350. The number of carbonyl (C=O) groups is 2. The second-order valence-electron chi connectivity index (χ2n) is 4.79. The number of amides is 1. The van der Waals surface area contributed by atoms with E-state index in [1.165, 1.54) is 11.0 Å². The quantitative estimate of drug-likeness (QED) is 0.766. The number of likely N-dealkylation sites (N-methyl/N-ethyl adjacent to an activating group) is 1. The monoisotopic (exact) mass is 279 g/mol.